The Morgan fingerprint density at radius 3 is 2.62 bits per heavy atom. The Balaban J connectivity index is 1.44. The highest BCUT2D eigenvalue weighted by molar-refractivity contribution is 8.27. The van der Waals surface area contributed by atoms with Gasteiger partial charge in [-0.2, -0.15) is 0 Å². The van der Waals surface area contributed by atoms with Crippen molar-refractivity contribution < 1.29 is 28.2 Å². The Hall–Kier alpha value is -3.89. The van der Waals surface area contributed by atoms with E-state index in [1.54, 1.807) is 48.5 Å². The number of ether oxygens (including phenoxy) is 3. The van der Waals surface area contributed by atoms with E-state index in [0.717, 1.165) is 11.8 Å². The predicted molar refractivity (Wildman–Crippen MR) is 147 cm³/mol. The minimum absolute atomic E-state index is 0.248. The first-order valence-corrected chi connectivity index (χ1v) is 12.5. The first-order valence-electron chi connectivity index (χ1n) is 11.3. The number of nitrogens with one attached hydrogen (secondary N) is 1. The van der Waals surface area contributed by atoms with Crippen LogP contribution in [-0.2, 0) is 9.59 Å². The smallest absolute Gasteiger partial charge is 0.270 e. The molecule has 0 aliphatic carbocycles. The molecule has 2 amide bonds. The van der Waals surface area contributed by atoms with Crippen molar-refractivity contribution >= 4 is 57.6 Å². The minimum atomic E-state index is -0.456. The molecule has 1 aliphatic heterocycles. The van der Waals surface area contributed by atoms with Crippen molar-refractivity contribution in [2.75, 3.05) is 30.5 Å². The van der Waals surface area contributed by atoms with Crippen molar-refractivity contribution in [3.8, 4) is 17.2 Å². The van der Waals surface area contributed by atoms with Gasteiger partial charge in [-0.15, -0.1) is 0 Å². The Morgan fingerprint density at radius 1 is 1.05 bits per heavy atom. The lowest BCUT2D eigenvalue weighted by molar-refractivity contribution is -0.118. The molecule has 1 aliphatic rings. The average Bonchev–Trinajstić information content (AvgIpc) is 3.16. The summed E-state index contributed by atoms with van der Waals surface area (Å²) in [5, 5.41) is 2.77. The van der Waals surface area contributed by atoms with Crippen molar-refractivity contribution in [2.24, 2.45) is 0 Å². The van der Waals surface area contributed by atoms with Crippen molar-refractivity contribution in [3.05, 3.63) is 83.0 Å². The van der Waals surface area contributed by atoms with Gasteiger partial charge in [-0.3, -0.25) is 14.5 Å². The molecule has 7 nitrogen and oxygen atoms in total. The molecule has 190 valence electrons. The van der Waals surface area contributed by atoms with Crippen molar-refractivity contribution in [2.45, 2.75) is 6.92 Å². The fourth-order valence-corrected chi connectivity index (χ4v) is 4.83. The molecule has 0 bridgehead atoms. The van der Waals surface area contributed by atoms with E-state index in [4.69, 9.17) is 26.4 Å². The monoisotopic (exact) mass is 538 g/mol. The maximum atomic E-state index is 13.7. The largest absolute Gasteiger partial charge is 0.493 e. The molecule has 37 heavy (non-hydrogen) atoms. The molecule has 1 N–H and O–H groups in total. The summed E-state index contributed by atoms with van der Waals surface area (Å²) in [5.41, 5.74) is 1.59. The van der Waals surface area contributed by atoms with Gasteiger partial charge in [0.05, 0.1) is 30.0 Å². The first-order chi connectivity index (χ1) is 17.9. The second kappa shape index (κ2) is 11.9. The third-order valence-corrected chi connectivity index (χ3v) is 6.47. The molecule has 3 aromatic carbocycles. The van der Waals surface area contributed by atoms with E-state index in [9.17, 15) is 14.0 Å². The SMILES string of the molecule is CCOc1ccccc1NC(=O)COc1ccc(/C=C2\SC(=S)N(c3cccc(F)c3)C2=O)cc1OC. The number of halogens is 1. The summed E-state index contributed by atoms with van der Waals surface area (Å²) in [7, 11) is 1.48. The standard InChI is InChI=1S/C27H23FN2O5S2/c1-3-34-21-10-5-4-9-20(21)29-25(31)16-35-22-12-11-17(13-23(22)33-2)14-24-26(32)30(27(36)37-24)19-8-6-7-18(28)15-19/h4-15H,3,16H2,1-2H3,(H,29,31)/b24-14-. The van der Waals surface area contributed by atoms with E-state index in [-0.39, 0.29) is 18.4 Å². The number of para-hydroxylation sites is 2. The fraction of sp³-hybridized carbons (Fsp3) is 0.148. The van der Waals surface area contributed by atoms with Gasteiger partial charge in [0.25, 0.3) is 11.8 Å². The van der Waals surface area contributed by atoms with Gasteiger partial charge in [-0.05, 0) is 61.0 Å². The zero-order valence-corrected chi connectivity index (χ0v) is 21.7. The number of hydrogen-bond acceptors (Lipinski definition) is 7. The fourth-order valence-electron chi connectivity index (χ4n) is 3.53. The minimum Gasteiger partial charge on any atom is -0.493 e. The summed E-state index contributed by atoms with van der Waals surface area (Å²) in [6, 6.07) is 17.9. The second-order valence-electron chi connectivity index (χ2n) is 7.67. The van der Waals surface area contributed by atoms with Crippen LogP contribution in [0.2, 0.25) is 0 Å². The Bertz CT molecular complexity index is 1380. The number of amides is 2. The van der Waals surface area contributed by atoms with Gasteiger partial charge < -0.3 is 19.5 Å². The van der Waals surface area contributed by atoms with Crippen LogP contribution in [0.3, 0.4) is 0 Å². The highest BCUT2D eigenvalue weighted by atomic mass is 32.2. The molecule has 4 rings (SSSR count). The van der Waals surface area contributed by atoms with E-state index in [1.165, 1.54) is 30.2 Å². The van der Waals surface area contributed by atoms with Crippen LogP contribution in [0.25, 0.3) is 6.08 Å². The van der Waals surface area contributed by atoms with Crippen molar-refractivity contribution in [3.63, 3.8) is 0 Å². The summed E-state index contributed by atoms with van der Waals surface area (Å²) >= 11 is 6.47. The van der Waals surface area contributed by atoms with E-state index >= 15 is 0 Å². The number of thiocarbonyl (C=S) groups is 1. The van der Waals surface area contributed by atoms with E-state index in [2.05, 4.69) is 5.32 Å². The third kappa shape index (κ3) is 6.28. The van der Waals surface area contributed by atoms with Gasteiger partial charge >= 0.3 is 0 Å². The van der Waals surface area contributed by atoms with Crippen LogP contribution in [-0.4, -0.2) is 36.5 Å². The molecule has 0 atom stereocenters. The normalized spacial score (nSPS) is 14.1. The number of methoxy groups -OCH3 is 1. The summed E-state index contributed by atoms with van der Waals surface area (Å²) in [6.45, 7) is 2.09. The van der Waals surface area contributed by atoms with Crippen molar-refractivity contribution in [1.82, 2.24) is 0 Å². The highest BCUT2D eigenvalue weighted by Crippen LogP contribution is 2.37. The summed E-state index contributed by atoms with van der Waals surface area (Å²) < 4.78 is 30.6. The maximum Gasteiger partial charge on any atom is 0.270 e. The lowest BCUT2D eigenvalue weighted by Crippen LogP contribution is -2.27. The van der Waals surface area contributed by atoms with E-state index < -0.39 is 5.82 Å². The molecular formula is C27H23FN2O5S2. The van der Waals surface area contributed by atoms with Crippen LogP contribution < -0.4 is 24.4 Å². The maximum absolute atomic E-state index is 13.7. The molecule has 3 aromatic rings. The Morgan fingerprint density at radius 2 is 1.86 bits per heavy atom. The average molecular weight is 539 g/mol. The van der Waals surface area contributed by atoms with Crippen LogP contribution in [0, 0.1) is 5.82 Å². The quantitative estimate of drug-likeness (QED) is 0.278. The molecule has 0 radical (unpaired) electrons. The Labute approximate surface area is 223 Å². The summed E-state index contributed by atoms with van der Waals surface area (Å²) in [4.78, 5) is 27.1. The number of carbonyl (C=O) groups excluding carboxylic acids is 2. The number of thioether (sulfide) groups is 1. The van der Waals surface area contributed by atoms with Crippen molar-refractivity contribution in [1.29, 1.82) is 0 Å². The second-order valence-corrected chi connectivity index (χ2v) is 9.35. The molecule has 0 unspecified atom stereocenters. The van der Waals surface area contributed by atoms with Gasteiger partial charge in [0.15, 0.2) is 22.4 Å². The molecule has 1 fully saturated rings. The molecule has 0 saturated carbocycles. The van der Waals surface area contributed by atoms with Crippen LogP contribution in [0.1, 0.15) is 12.5 Å². The van der Waals surface area contributed by atoms with Gasteiger partial charge in [-0.25, -0.2) is 4.39 Å². The molecular weight excluding hydrogens is 515 g/mol. The molecule has 10 heteroatoms. The number of nitrogens with zero attached hydrogens (tertiary/aromatic N) is 1. The van der Waals surface area contributed by atoms with Gasteiger partial charge in [0.1, 0.15) is 11.6 Å². The summed E-state index contributed by atoms with van der Waals surface area (Å²) in [5.74, 6) is 0.159. The van der Waals surface area contributed by atoms with E-state index in [1.807, 2.05) is 13.0 Å². The predicted octanol–water partition coefficient (Wildman–Crippen LogP) is 5.66. The van der Waals surface area contributed by atoms with Gasteiger partial charge in [-0.1, -0.05) is 48.2 Å². The number of anilines is 2. The lowest BCUT2D eigenvalue weighted by Gasteiger charge is -2.14. The molecule has 0 spiro atoms. The van der Waals surface area contributed by atoms with Crippen LogP contribution in [0.15, 0.2) is 71.6 Å². The molecule has 0 aromatic heterocycles. The topological polar surface area (TPSA) is 77.1 Å². The first kappa shape index (κ1) is 26.2. The van der Waals surface area contributed by atoms with Crippen LogP contribution in [0.4, 0.5) is 15.8 Å². The van der Waals surface area contributed by atoms with E-state index in [0.29, 0.717) is 50.0 Å². The number of benzene rings is 3. The molecule has 1 saturated heterocycles. The zero-order chi connectivity index (χ0) is 26.4. The number of rotatable bonds is 9. The van der Waals surface area contributed by atoms with Crippen LogP contribution in [0.5, 0.6) is 17.2 Å². The lowest BCUT2D eigenvalue weighted by atomic mass is 10.2. The number of carbonyl (C=O) groups is 2. The van der Waals surface area contributed by atoms with Gasteiger partial charge in [0.2, 0.25) is 0 Å². The highest BCUT2D eigenvalue weighted by Gasteiger charge is 2.33. The molecule has 1 heterocycles. The Kier molecular flexibility index (Phi) is 8.42. The van der Waals surface area contributed by atoms with Gasteiger partial charge in [0, 0.05) is 0 Å². The zero-order valence-electron chi connectivity index (χ0n) is 20.0. The third-order valence-electron chi connectivity index (χ3n) is 5.17. The number of hydrogen-bond donors (Lipinski definition) is 1. The van der Waals surface area contributed by atoms with Crippen LogP contribution >= 0.6 is 24.0 Å². The summed E-state index contributed by atoms with van der Waals surface area (Å²) in [6.07, 6.45) is 1.67.